The van der Waals surface area contributed by atoms with Crippen molar-refractivity contribution in [3.05, 3.63) is 86.6 Å². The molecule has 4 rings (SSSR count). The number of carbonyl (C=O) groups excluding carboxylic acids is 2. The number of hydrogen-bond donors (Lipinski definition) is 1. The molecule has 0 spiro atoms. The van der Waals surface area contributed by atoms with Crippen molar-refractivity contribution >= 4 is 40.9 Å². The van der Waals surface area contributed by atoms with Crippen LogP contribution in [0.3, 0.4) is 0 Å². The van der Waals surface area contributed by atoms with Gasteiger partial charge in [0, 0.05) is 11.6 Å². The van der Waals surface area contributed by atoms with Gasteiger partial charge in [0.1, 0.15) is 22.1 Å². The highest BCUT2D eigenvalue weighted by atomic mass is 35.5. The molecule has 0 saturated carbocycles. The molecule has 30 heavy (non-hydrogen) atoms. The van der Waals surface area contributed by atoms with Gasteiger partial charge in [0.2, 0.25) is 0 Å². The Morgan fingerprint density at radius 2 is 1.93 bits per heavy atom. The number of carbonyl (C=O) groups is 2. The van der Waals surface area contributed by atoms with E-state index in [4.69, 9.17) is 16.0 Å². The van der Waals surface area contributed by atoms with E-state index in [2.05, 4.69) is 5.43 Å². The van der Waals surface area contributed by atoms with E-state index in [1.165, 1.54) is 23.2 Å². The third-order valence-electron chi connectivity index (χ3n) is 4.49. The fourth-order valence-electron chi connectivity index (χ4n) is 3.04. The van der Waals surface area contributed by atoms with Crippen molar-refractivity contribution < 1.29 is 18.9 Å². The number of nitro benzene ring substituents is 1. The van der Waals surface area contributed by atoms with Gasteiger partial charge in [-0.2, -0.15) is 0 Å². The van der Waals surface area contributed by atoms with Gasteiger partial charge in [0.25, 0.3) is 17.5 Å². The standard InChI is InChI=1S/C21H14ClN3O5/c1-12-3-2-4-14(9-12)24-21(27)16(20(26)23-24)11-15-6-8-19(30-15)13-5-7-17(22)18(10-13)25(28)29/h2-11H,1H3,(H,23,26)/b16-11-. The normalized spacial score (nSPS) is 15.0. The number of nitrogens with one attached hydrogen (secondary N) is 1. The first-order chi connectivity index (χ1) is 14.3. The van der Waals surface area contributed by atoms with Gasteiger partial charge in [-0.05, 0) is 55.0 Å². The van der Waals surface area contributed by atoms with E-state index in [0.717, 1.165) is 5.56 Å². The zero-order valence-corrected chi connectivity index (χ0v) is 16.3. The molecular formula is C21H14ClN3O5. The number of furan rings is 1. The third kappa shape index (κ3) is 3.56. The van der Waals surface area contributed by atoms with Crippen LogP contribution in [0.2, 0.25) is 5.02 Å². The van der Waals surface area contributed by atoms with Crippen molar-refractivity contribution in [2.75, 3.05) is 5.01 Å². The van der Waals surface area contributed by atoms with Crippen LogP contribution in [-0.4, -0.2) is 16.7 Å². The lowest BCUT2D eigenvalue weighted by molar-refractivity contribution is -0.384. The van der Waals surface area contributed by atoms with E-state index < -0.39 is 16.7 Å². The molecule has 1 fully saturated rings. The number of anilines is 1. The highest BCUT2D eigenvalue weighted by Gasteiger charge is 2.34. The van der Waals surface area contributed by atoms with Gasteiger partial charge in [-0.1, -0.05) is 23.7 Å². The predicted octanol–water partition coefficient (Wildman–Crippen LogP) is 4.28. The minimum absolute atomic E-state index is 0.0158. The highest BCUT2D eigenvalue weighted by molar-refractivity contribution is 6.33. The van der Waals surface area contributed by atoms with Crippen LogP contribution in [0.1, 0.15) is 11.3 Å². The minimum Gasteiger partial charge on any atom is -0.457 e. The number of aryl methyl sites for hydroxylation is 1. The molecule has 2 amide bonds. The van der Waals surface area contributed by atoms with E-state index in [1.807, 2.05) is 13.0 Å². The molecule has 8 nitrogen and oxygen atoms in total. The topological polar surface area (TPSA) is 106 Å². The zero-order chi connectivity index (χ0) is 21.4. The van der Waals surface area contributed by atoms with Crippen LogP contribution in [0.5, 0.6) is 0 Å². The molecule has 1 aliphatic rings. The fourth-order valence-corrected chi connectivity index (χ4v) is 3.23. The molecule has 2 aromatic carbocycles. The first-order valence-corrected chi connectivity index (χ1v) is 9.19. The fraction of sp³-hybridized carbons (Fsp3) is 0.0476. The van der Waals surface area contributed by atoms with Crippen molar-refractivity contribution in [1.29, 1.82) is 0 Å². The molecule has 0 unspecified atom stereocenters. The van der Waals surface area contributed by atoms with Gasteiger partial charge in [0.05, 0.1) is 10.6 Å². The van der Waals surface area contributed by atoms with Crippen molar-refractivity contribution in [3.8, 4) is 11.3 Å². The molecular weight excluding hydrogens is 410 g/mol. The van der Waals surface area contributed by atoms with Crippen molar-refractivity contribution in [2.45, 2.75) is 6.92 Å². The van der Waals surface area contributed by atoms with Gasteiger partial charge in [-0.3, -0.25) is 25.1 Å². The zero-order valence-electron chi connectivity index (χ0n) is 15.6. The molecule has 1 N–H and O–H groups in total. The first-order valence-electron chi connectivity index (χ1n) is 8.81. The van der Waals surface area contributed by atoms with Crippen LogP contribution >= 0.6 is 11.6 Å². The van der Waals surface area contributed by atoms with Crippen LogP contribution in [0.4, 0.5) is 11.4 Å². The number of benzene rings is 2. The monoisotopic (exact) mass is 423 g/mol. The molecule has 0 radical (unpaired) electrons. The summed E-state index contributed by atoms with van der Waals surface area (Å²) in [5.74, 6) is -0.470. The summed E-state index contributed by atoms with van der Waals surface area (Å²) in [5.41, 5.74) is 4.13. The predicted molar refractivity (Wildman–Crippen MR) is 111 cm³/mol. The molecule has 2 heterocycles. The molecule has 1 aliphatic heterocycles. The smallest absolute Gasteiger partial charge is 0.288 e. The van der Waals surface area contributed by atoms with E-state index >= 15 is 0 Å². The van der Waals surface area contributed by atoms with Crippen molar-refractivity contribution in [2.24, 2.45) is 0 Å². The third-order valence-corrected chi connectivity index (χ3v) is 4.81. The van der Waals surface area contributed by atoms with Crippen LogP contribution < -0.4 is 10.4 Å². The number of hydrogen-bond acceptors (Lipinski definition) is 5. The lowest BCUT2D eigenvalue weighted by atomic mass is 10.1. The SMILES string of the molecule is Cc1cccc(N2NC(=O)/C(=C/c3ccc(-c4ccc(Cl)c([N+](=O)[O-])c4)o3)C2=O)c1. The maximum Gasteiger partial charge on any atom is 0.288 e. The Balaban J connectivity index is 1.63. The number of halogens is 1. The molecule has 0 atom stereocenters. The highest BCUT2D eigenvalue weighted by Crippen LogP contribution is 2.32. The van der Waals surface area contributed by atoms with E-state index in [1.54, 1.807) is 36.4 Å². The summed E-state index contributed by atoms with van der Waals surface area (Å²) in [5, 5.41) is 12.3. The van der Waals surface area contributed by atoms with Crippen molar-refractivity contribution in [3.63, 3.8) is 0 Å². The Kier molecular flexibility index (Phi) is 4.85. The molecule has 150 valence electrons. The Morgan fingerprint density at radius 3 is 2.67 bits per heavy atom. The van der Waals surface area contributed by atoms with Gasteiger partial charge >= 0.3 is 0 Å². The summed E-state index contributed by atoms with van der Waals surface area (Å²) in [6.07, 6.45) is 1.33. The Bertz CT molecular complexity index is 1230. The van der Waals surface area contributed by atoms with E-state index in [9.17, 15) is 19.7 Å². The number of nitrogens with zero attached hydrogens (tertiary/aromatic N) is 2. The number of hydrazine groups is 1. The Hall–Kier alpha value is -3.91. The summed E-state index contributed by atoms with van der Waals surface area (Å²) in [6, 6.07) is 14.6. The second kappa shape index (κ2) is 7.49. The van der Waals surface area contributed by atoms with Gasteiger partial charge in [0.15, 0.2) is 0 Å². The summed E-state index contributed by atoms with van der Waals surface area (Å²) in [7, 11) is 0. The minimum atomic E-state index is -0.584. The second-order valence-corrected chi connectivity index (χ2v) is 7.01. The summed E-state index contributed by atoms with van der Waals surface area (Å²) >= 11 is 5.83. The molecule has 1 aromatic heterocycles. The second-order valence-electron chi connectivity index (χ2n) is 6.60. The Labute approximate surface area is 175 Å². The molecule has 0 aliphatic carbocycles. The average Bonchev–Trinajstić information content (AvgIpc) is 3.28. The van der Waals surface area contributed by atoms with Crippen LogP contribution in [0.25, 0.3) is 17.4 Å². The quantitative estimate of drug-likeness (QED) is 0.292. The van der Waals surface area contributed by atoms with E-state index in [-0.39, 0.29) is 22.0 Å². The van der Waals surface area contributed by atoms with Gasteiger partial charge < -0.3 is 4.42 Å². The molecule has 0 bridgehead atoms. The van der Waals surface area contributed by atoms with Crippen LogP contribution in [-0.2, 0) is 9.59 Å². The molecule has 3 aromatic rings. The first kappa shape index (κ1) is 19.4. The Morgan fingerprint density at radius 1 is 1.13 bits per heavy atom. The number of rotatable bonds is 4. The number of amides is 2. The summed E-state index contributed by atoms with van der Waals surface area (Å²) in [4.78, 5) is 35.5. The molecule has 1 saturated heterocycles. The van der Waals surface area contributed by atoms with Crippen LogP contribution in [0.15, 0.2) is 64.6 Å². The van der Waals surface area contributed by atoms with E-state index in [0.29, 0.717) is 17.0 Å². The van der Waals surface area contributed by atoms with Gasteiger partial charge in [-0.15, -0.1) is 0 Å². The van der Waals surface area contributed by atoms with Crippen molar-refractivity contribution in [1.82, 2.24) is 5.43 Å². The summed E-state index contributed by atoms with van der Waals surface area (Å²) in [6.45, 7) is 1.88. The maximum atomic E-state index is 12.7. The maximum absolute atomic E-state index is 12.7. The van der Waals surface area contributed by atoms with Crippen LogP contribution in [0, 0.1) is 17.0 Å². The lowest BCUT2D eigenvalue weighted by Crippen LogP contribution is -2.35. The largest absolute Gasteiger partial charge is 0.457 e. The van der Waals surface area contributed by atoms with Gasteiger partial charge in [-0.25, -0.2) is 5.01 Å². The molecule has 9 heteroatoms. The number of nitro groups is 1. The average molecular weight is 424 g/mol. The lowest BCUT2D eigenvalue weighted by Gasteiger charge is -2.14. The summed E-state index contributed by atoms with van der Waals surface area (Å²) < 4.78 is 5.67.